The fraction of sp³-hybridized carbons (Fsp3) is 0.114. The van der Waals surface area contributed by atoms with Crippen LogP contribution in [0.1, 0.15) is 40.5 Å². The van der Waals surface area contributed by atoms with Crippen LogP contribution in [0.5, 0.6) is 11.5 Å². The Bertz CT molecular complexity index is 1890. The van der Waals surface area contributed by atoms with Gasteiger partial charge in [0.25, 0.3) is 5.91 Å². The molecule has 1 amide bonds. The summed E-state index contributed by atoms with van der Waals surface area (Å²) in [5.74, 6) is 0.389. The summed E-state index contributed by atoms with van der Waals surface area (Å²) in [5.41, 5.74) is 5.00. The van der Waals surface area contributed by atoms with Gasteiger partial charge in [-0.15, -0.1) is 0 Å². The first-order chi connectivity index (χ1) is 20.9. The number of halogens is 2. The van der Waals surface area contributed by atoms with Gasteiger partial charge in [-0.2, -0.15) is 0 Å². The summed E-state index contributed by atoms with van der Waals surface area (Å²) in [7, 11) is 0. The van der Waals surface area contributed by atoms with Crippen molar-refractivity contribution >= 4 is 63.3 Å². The highest BCUT2D eigenvalue weighted by Gasteiger charge is 2.29. The molecule has 0 saturated carbocycles. The third-order valence-corrected chi connectivity index (χ3v) is 7.71. The molecule has 1 atom stereocenters. The lowest BCUT2D eigenvalue weighted by Gasteiger charge is -2.17. The van der Waals surface area contributed by atoms with Crippen molar-refractivity contribution < 1.29 is 19.1 Å². The lowest BCUT2D eigenvalue weighted by atomic mass is 10.0. The number of fused-ring (bicyclic) bond motifs is 2. The number of carbonyl (C=O) groups excluding carboxylic acids is 2. The largest absolute Gasteiger partial charge is 0.457 e. The molecule has 6 nitrogen and oxygen atoms in total. The Hall–Kier alpha value is -4.65. The summed E-state index contributed by atoms with van der Waals surface area (Å²) < 4.78 is 11.7. The molecule has 0 aliphatic heterocycles. The van der Waals surface area contributed by atoms with Gasteiger partial charge in [0.05, 0.1) is 27.5 Å². The number of aromatic nitrogens is 1. The second-order valence-corrected chi connectivity index (χ2v) is 11.0. The highest BCUT2D eigenvalue weighted by atomic mass is 35.5. The number of pyridine rings is 1. The SMILES string of the molecule is CC(OC(=O)c1c2c(nc3ccccc13)/C(=C\c1cccc(Oc3ccccc3)c1)CC2)C(=O)Nc1ccc(Cl)cc1Cl. The van der Waals surface area contributed by atoms with Crippen molar-refractivity contribution in [2.45, 2.75) is 25.9 Å². The van der Waals surface area contributed by atoms with E-state index in [1.54, 1.807) is 12.1 Å². The molecule has 5 aromatic rings. The van der Waals surface area contributed by atoms with Gasteiger partial charge in [0.1, 0.15) is 11.5 Å². The Morgan fingerprint density at radius 3 is 2.47 bits per heavy atom. The number of allylic oxidation sites excluding steroid dienone is 1. The van der Waals surface area contributed by atoms with Crippen molar-refractivity contribution in [1.29, 1.82) is 0 Å². The number of para-hydroxylation sites is 2. The molecule has 6 rings (SSSR count). The summed E-state index contributed by atoms with van der Waals surface area (Å²) in [6, 6.07) is 29.6. The predicted molar refractivity (Wildman–Crippen MR) is 171 cm³/mol. The van der Waals surface area contributed by atoms with Gasteiger partial charge < -0.3 is 14.8 Å². The zero-order valence-electron chi connectivity index (χ0n) is 23.1. The molecular formula is C35H26Cl2N2O4. The van der Waals surface area contributed by atoms with Gasteiger partial charge in [-0.1, -0.05) is 71.7 Å². The molecule has 0 radical (unpaired) electrons. The van der Waals surface area contributed by atoms with Crippen LogP contribution in [0.2, 0.25) is 10.0 Å². The van der Waals surface area contributed by atoms with E-state index in [2.05, 4.69) is 11.4 Å². The van der Waals surface area contributed by atoms with Crippen LogP contribution in [0.25, 0.3) is 22.6 Å². The third kappa shape index (κ3) is 6.26. The van der Waals surface area contributed by atoms with Crippen LogP contribution in [-0.2, 0) is 16.0 Å². The van der Waals surface area contributed by atoms with Gasteiger partial charge in [0.15, 0.2) is 6.10 Å². The number of amides is 1. The van der Waals surface area contributed by atoms with Crippen molar-refractivity contribution in [2.75, 3.05) is 5.32 Å². The number of hydrogen-bond donors (Lipinski definition) is 1. The first-order valence-electron chi connectivity index (χ1n) is 13.8. The van der Waals surface area contributed by atoms with Crippen molar-refractivity contribution in [3.8, 4) is 11.5 Å². The first-order valence-corrected chi connectivity index (χ1v) is 14.5. The zero-order valence-corrected chi connectivity index (χ0v) is 24.7. The Balaban J connectivity index is 1.28. The van der Waals surface area contributed by atoms with Crippen LogP contribution in [-0.4, -0.2) is 23.0 Å². The quantitative estimate of drug-likeness (QED) is 0.186. The van der Waals surface area contributed by atoms with E-state index in [9.17, 15) is 9.59 Å². The first kappa shape index (κ1) is 28.5. The molecule has 1 aromatic heterocycles. The number of carbonyl (C=O) groups is 2. The smallest absolute Gasteiger partial charge is 0.339 e. The van der Waals surface area contributed by atoms with Crippen molar-refractivity contribution in [3.05, 3.63) is 129 Å². The number of rotatable bonds is 7. The van der Waals surface area contributed by atoms with Gasteiger partial charge >= 0.3 is 5.97 Å². The third-order valence-electron chi connectivity index (χ3n) is 7.17. The second-order valence-electron chi connectivity index (χ2n) is 10.1. The van der Waals surface area contributed by atoms with Crippen LogP contribution >= 0.6 is 23.2 Å². The van der Waals surface area contributed by atoms with Crippen LogP contribution < -0.4 is 10.1 Å². The van der Waals surface area contributed by atoms with E-state index in [0.717, 1.165) is 33.9 Å². The summed E-state index contributed by atoms with van der Waals surface area (Å²) in [6.07, 6.45) is 2.32. The molecule has 0 spiro atoms. The Kier molecular flexibility index (Phi) is 8.14. The molecule has 1 aliphatic rings. The average molecular weight is 610 g/mol. The van der Waals surface area contributed by atoms with E-state index in [1.165, 1.54) is 13.0 Å². The predicted octanol–water partition coefficient (Wildman–Crippen LogP) is 9.00. The standard InChI is InChI=1S/C35H26Cl2N2O4/c1-21(34(40)39-31-17-15-24(36)20-29(31)37)42-35(41)32-27-12-5-6-13-30(27)38-33-23(14-16-28(32)33)18-22-8-7-11-26(19-22)43-25-9-3-2-4-10-25/h2-13,15,17-21H,14,16H2,1H3,(H,39,40)/b23-18-. The maximum atomic E-state index is 13.7. The Morgan fingerprint density at radius 1 is 0.884 bits per heavy atom. The van der Waals surface area contributed by atoms with E-state index >= 15 is 0 Å². The van der Waals surface area contributed by atoms with Gasteiger partial charge in [0, 0.05) is 10.4 Å². The molecule has 1 heterocycles. The van der Waals surface area contributed by atoms with Gasteiger partial charge in [0.2, 0.25) is 0 Å². The summed E-state index contributed by atoms with van der Waals surface area (Å²) in [4.78, 5) is 31.5. The average Bonchev–Trinajstić information content (AvgIpc) is 3.39. The maximum absolute atomic E-state index is 13.7. The summed E-state index contributed by atoms with van der Waals surface area (Å²) in [6.45, 7) is 1.52. The summed E-state index contributed by atoms with van der Waals surface area (Å²) in [5, 5.41) is 4.11. The fourth-order valence-electron chi connectivity index (χ4n) is 5.10. The molecule has 214 valence electrons. The number of ether oxygens (including phenoxy) is 2. The Morgan fingerprint density at radius 2 is 1.65 bits per heavy atom. The molecule has 43 heavy (non-hydrogen) atoms. The van der Waals surface area contributed by atoms with Crippen molar-refractivity contribution in [1.82, 2.24) is 4.98 Å². The molecular weight excluding hydrogens is 583 g/mol. The van der Waals surface area contributed by atoms with E-state index < -0.39 is 18.0 Å². The molecule has 0 fully saturated rings. The molecule has 1 aliphatic carbocycles. The normalized spacial score (nSPS) is 13.9. The highest BCUT2D eigenvalue weighted by Crippen LogP contribution is 2.38. The Labute approximate surface area is 258 Å². The summed E-state index contributed by atoms with van der Waals surface area (Å²) >= 11 is 12.2. The number of nitrogens with zero attached hydrogens (tertiary/aromatic N) is 1. The van der Waals surface area contributed by atoms with Crippen LogP contribution in [0.3, 0.4) is 0 Å². The van der Waals surface area contributed by atoms with E-state index in [0.29, 0.717) is 40.0 Å². The molecule has 8 heteroatoms. The minimum absolute atomic E-state index is 0.286. The molecule has 1 unspecified atom stereocenters. The maximum Gasteiger partial charge on any atom is 0.339 e. The van der Waals surface area contributed by atoms with Crippen LogP contribution in [0, 0.1) is 0 Å². The van der Waals surface area contributed by atoms with E-state index in [-0.39, 0.29) is 5.02 Å². The van der Waals surface area contributed by atoms with Crippen LogP contribution in [0.15, 0.2) is 97.1 Å². The van der Waals surface area contributed by atoms with E-state index in [4.69, 9.17) is 37.7 Å². The fourth-order valence-corrected chi connectivity index (χ4v) is 5.56. The van der Waals surface area contributed by atoms with Crippen molar-refractivity contribution in [2.24, 2.45) is 0 Å². The lowest BCUT2D eigenvalue weighted by Crippen LogP contribution is -2.30. The lowest BCUT2D eigenvalue weighted by molar-refractivity contribution is -0.123. The van der Waals surface area contributed by atoms with Crippen molar-refractivity contribution in [3.63, 3.8) is 0 Å². The molecule has 1 N–H and O–H groups in total. The molecule has 4 aromatic carbocycles. The van der Waals surface area contributed by atoms with Gasteiger partial charge in [-0.25, -0.2) is 9.78 Å². The van der Waals surface area contributed by atoms with Gasteiger partial charge in [-0.05, 0) is 91.1 Å². The monoisotopic (exact) mass is 608 g/mol. The number of benzene rings is 4. The molecule has 0 saturated heterocycles. The topological polar surface area (TPSA) is 77.5 Å². The number of hydrogen-bond acceptors (Lipinski definition) is 5. The number of nitrogens with one attached hydrogen (secondary N) is 1. The van der Waals surface area contributed by atoms with Gasteiger partial charge in [-0.3, -0.25) is 4.79 Å². The second kappa shape index (κ2) is 12.3. The van der Waals surface area contributed by atoms with Crippen LogP contribution in [0.4, 0.5) is 5.69 Å². The zero-order chi connectivity index (χ0) is 29.9. The number of anilines is 1. The molecule has 0 bridgehead atoms. The number of esters is 1. The minimum atomic E-state index is -1.08. The highest BCUT2D eigenvalue weighted by molar-refractivity contribution is 6.36. The van der Waals surface area contributed by atoms with E-state index in [1.807, 2.05) is 78.9 Å². The minimum Gasteiger partial charge on any atom is -0.457 e.